The van der Waals surface area contributed by atoms with Gasteiger partial charge in [-0.05, 0) is 29.9 Å². The summed E-state index contributed by atoms with van der Waals surface area (Å²) in [5.74, 6) is -3.12. The Morgan fingerprint density at radius 3 is 2.60 bits per heavy atom. The van der Waals surface area contributed by atoms with Gasteiger partial charge >= 0.3 is 6.03 Å². The van der Waals surface area contributed by atoms with Crippen molar-refractivity contribution in [2.24, 2.45) is 11.3 Å². The molecular formula is C19H26F2N2O2. The number of carbonyl (C=O) groups excluding carboxylic acids is 1. The van der Waals surface area contributed by atoms with Crippen LogP contribution in [0.15, 0.2) is 24.3 Å². The van der Waals surface area contributed by atoms with E-state index in [0.717, 1.165) is 5.56 Å². The third-order valence-electron chi connectivity index (χ3n) is 5.65. The van der Waals surface area contributed by atoms with Gasteiger partial charge in [-0.1, -0.05) is 38.1 Å². The average Bonchev–Trinajstić information content (AvgIpc) is 3.04. The Morgan fingerprint density at radius 2 is 1.92 bits per heavy atom. The Morgan fingerprint density at radius 1 is 1.24 bits per heavy atom. The van der Waals surface area contributed by atoms with Crippen LogP contribution in [0, 0.1) is 11.3 Å². The maximum absolute atomic E-state index is 14.2. The average molecular weight is 352 g/mol. The Bertz CT molecular complexity index is 628. The molecule has 0 aromatic heterocycles. The van der Waals surface area contributed by atoms with Crippen molar-refractivity contribution in [2.75, 3.05) is 19.8 Å². The molecule has 1 atom stereocenters. The molecule has 1 unspecified atom stereocenters. The van der Waals surface area contributed by atoms with Gasteiger partial charge in [0.15, 0.2) is 0 Å². The van der Waals surface area contributed by atoms with Crippen molar-refractivity contribution < 1.29 is 18.3 Å². The highest BCUT2D eigenvalue weighted by Gasteiger charge is 2.79. The SMILES string of the molecule is CC(C)c1ccccc1CNC(=O)NCC1C(F)(F)C12CCOCC2. The molecule has 2 N–H and O–H groups in total. The van der Waals surface area contributed by atoms with Gasteiger partial charge in [-0.3, -0.25) is 0 Å². The Labute approximate surface area is 147 Å². The standard InChI is InChI=1S/C19H26F2N2O2/c1-13(2)15-6-4-3-5-14(15)11-22-17(24)23-12-16-18(19(16,20)21)7-9-25-10-8-18/h3-6,13,16H,7-12H2,1-2H3,(H2,22,23,24). The van der Waals surface area contributed by atoms with Crippen LogP contribution in [0.4, 0.5) is 13.6 Å². The Hall–Kier alpha value is -1.69. The van der Waals surface area contributed by atoms with Crippen molar-refractivity contribution in [2.45, 2.75) is 45.1 Å². The second-order valence-corrected chi connectivity index (χ2v) is 7.36. The van der Waals surface area contributed by atoms with Gasteiger partial charge in [0.2, 0.25) is 0 Å². The van der Waals surface area contributed by atoms with Crippen LogP contribution in [0.2, 0.25) is 0 Å². The van der Waals surface area contributed by atoms with Crippen molar-refractivity contribution in [1.82, 2.24) is 10.6 Å². The number of rotatable bonds is 5. The minimum atomic E-state index is -2.70. The zero-order valence-electron chi connectivity index (χ0n) is 14.8. The number of benzene rings is 1. The number of hydrogen-bond donors (Lipinski definition) is 2. The number of hydrogen-bond acceptors (Lipinski definition) is 2. The molecule has 1 spiro atoms. The molecule has 2 amide bonds. The van der Waals surface area contributed by atoms with Crippen molar-refractivity contribution in [1.29, 1.82) is 0 Å². The predicted octanol–water partition coefficient (Wildman–Crippen LogP) is 3.67. The smallest absolute Gasteiger partial charge is 0.315 e. The first-order chi connectivity index (χ1) is 11.9. The largest absolute Gasteiger partial charge is 0.381 e. The molecule has 0 bridgehead atoms. The Balaban J connectivity index is 1.50. The first-order valence-corrected chi connectivity index (χ1v) is 8.93. The van der Waals surface area contributed by atoms with E-state index in [1.54, 1.807) is 0 Å². The number of alkyl halides is 2. The maximum atomic E-state index is 14.2. The fourth-order valence-corrected chi connectivity index (χ4v) is 4.02. The summed E-state index contributed by atoms with van der Waals surface area (Å²) in [5.41, 5.74) is 1.26. The van der Waals surface area contributed by atoms with Crippen molar-refractivity contribution >= 4 is 6.03 Å². The number of amides is 2. The molecule has 138 valence electrons. The van der Waals surface area contributed by atoms with E-state index in [9.17, 15) is 13.6 Å². The molecule has 1 heterocycles. The van der Waals surface area contributed by atoms with Crippen molar-refractivity contribution in [3.63, 3.8) is 0 Å². The lowest BCUT2D eigenvalue weighted by Crippen LogP contribution is -2.37. The molecule has 6 heteroatoms. The van der Waals surface area contributed by atoms with Gasteiger partial charge in [0.1, 0.15) is 0 Å². The topological polar surface area (TPSA) is 50.4 Å². The predicted molar refractivity (Wildman–Crippen MR) is 91.7 cm³/mol. The van der Waals surface area contributed by atoms with E-state index < -0.39 is 23.3 Å². The number of urea groups is 1. The van der Waals surface area contributed by atoms with Crippen LogP contribution >= 0.6 is 0 Å². The van der Waals surface area contributed by atoms with Gasteiger partial charge in [0, 0.05) is 31.7 Å². The van der Waals surface area contributed by atoms with E-state index in [2.05, 4.69) is 24.5 Å². The summed E-state index contributed by atoms with van der Waals surface area (Å²) >= 11 is 0. The van der Waals surface area contributed by atoms with E-state index in [0.29, 0.717) is 38.5 Å². The molecular weight excluding hydrogens is 326 g/mol. The third-order valence-corrected chi connectivity index (χ3v) is 5.65. The lowest BCUT2D eigenvalue weighted by atomic mass is 9.93. The fraction of sp³-hybridized carbons (Fsp3) is 0.632. The second kappa shape index (κ2) is 6.90. The van der Waals surface area contributed by atoms with Crippen LogP contribution in [0.3, 0.4) is 0 Å². The molecule has 4 nitrogen and oxygen atoms in total. The van der Waals surface area contributed by atoms with Crippen LogP contribution < -0.4 is 10.6 Å². The van der Waals surface area contributed by atoms with Crippen LogP contribution in [0.25, 0.3) is 0 Å². The minimum Gasteiger partial charge on any atom is -0.381 e. The summed E-state index contributed by atoms with van der Waals surface area (Å²) in [5, 5.41) is 5.40. The zero-order chi connectivity index (χ0) is 18.1. The highest BCUT2D eigenvalue weighted by Crippen LogP contribution is 2.70. The molecule has 1 aliphatic carbocycles. The van der Waals surface area contributed by atoms with E-state index in [1.807, 2.05) is 24.3 Å². The second-order valence-electron chi connectivity index (χ2n) is 7.36. The summed E-state index contributed by atoms with van der Waals surface area (Å²) in [6.45, 7) is 5.35. The number of ether oxygens (including phenoxy) is 1. The van der Waals surface area contributed by atoms with Gasteiger partial charge < -0.3 is 15.4 Å². The number of carbonyl (C=O) groups is 1. The van der Waals surface area contributed by atoms with Gasteiger partial charge in [-0.15, -0.1) is 0 Å². The molecule has 25 heavy (non-hydrogen) atoms. The van der Waals surface area contributed by atoms with E-state index >= 15 is 0 Å². The lowest BCUT2D eigenvalue weighted by molar-refractivity contribution is -0.00828. The molecule has 0 radical (unpaired) electrons. The van der Waals surface area contributed by atoms with Gasteiger partial charge in [-0.25, -0.2) is 13.6 Å². The molecule has 2 fully saturated rings. The van der Waals surface area contributed by atoms with Crippen molar-refractivity contribution in [3.05, 3.63) is 35.4 Å². The summed E-state index contributed by atoms with van der Waals surface area (Å²) in [6.07, 6.45) is 0.742. The van der Waals surface area contributed by atoms with Crippen LogP contribution in [0.1, 0.15) is 43.7 Å². The van der Waals surface area contributed by atoms with E-state index in [1.165, 1.54) is 5.56 Å². The Kier molecular flexibility index (Phi) is 5.00. The molecule has 1 saturated heterocycles. The molecule has 1 aromatic rings. The van der Waals surface area contributed by atoms with E-state index in [-0.39, 0.29) is 6.54 Å². The van der Waals surface area contributed by atoms with Crippen LogP contribution in [0.5, 0.6) is 0 Å². The third kappa shape index (κ3) is 3.36. The minimum absolute atomic E-state index is 0.00462. The maximum Gasteiger partial charge on any atom is 0.315 e. The van der Waals surface area contributed by atoms with Gasteiger partial charge in [0.05, 0.1) is 5.92 Å². The summed E-state index contributed by atoms with van der Waals surface area (Å²) < 4.78 is 33.5. The molecule has 3 rings (SSSR count). The van der Waals surface area contributed by atoms with Crippen molar-refractivity contribution in [3.8, 4) is 0 Å². The highest BCUT2D eigenvalue weighted by molar-refractivity contribution is 5.74. The summed E-state index contributed by atoms with van der Waals surface area (Å²) in [6, 6.07) is 7.52. The molecule has 1 aromatic carbocycles. The summed E-state index contributed by atoms with van der Waals surface area (Å²) in [7, 11) is 0. The van der Waals surface area contributed by atoms with Gasteiger partial charge in [-0.2, -0.15) is 0 Å². The van der Waals surface area contributed by atoms with Crippen LogP contribution in [-0.2, 0) is 11.3 Å². The monoisotopic (exact) mass is 352 g/mol. The van der Waals surface area contributed by atoms with Crippen LogP contribution in [-0.4, -0.2) is 31.7 Å². The molecule has 1 saturated carbocycles. The lowest BCUT2D eigenvalue weighted by Gasteiger charge is -2.22. The van der Waals surface area contributed by atoms with Gasteiger partial charge in [0.25, 0.3) is 5.92 Å². The quantitative estimate of drug-likeness (QED) is 0.849. The first kappa shape index (κ1) is 18.1. The highest BCUT2D eigenvalue weighted by atomic mass is 19.3. The van der Waals surface area contributed by atoms with E-state index in [4.69, 9.17) is 4.74 Å². The first-order valence-electron chi connectivity index (χ1n) is 8.93. The number of halogens is 2. The number of nitrogens with one attached hydrogen (secondary N) is 2. The molecule has 2 aliphatic rings. The normalized spacial score (nSPS) is 23.5. The zero-order valence-corrected chi connectivity index (χ0v) is 14.8. The fourth-order valence-electron chi connectivity index (χ4n) is 4.02. The summed E-state index contributed by atoms with van der Waals surface area (Å²) in [4.78, 5) is 12.0. The molecule has 1 aliphatic heterocycles.